The fourth-order valence-electron chi connectivity index (χ4n) is 9.53. The van der Waals surface area contributed by atoms with Crippen LogP contribution in [0.3, 0.4) is 0 Å². The molecule has 1 aliphatic rings. The summed E-state index contributed by atoms with van der Waals surface area (Å²) in [6.07, 6.45) is 7.22. The van der Waals surface area contributed by atoms with E-state index >= 15 is 0 Å². The van der Waals surface area contributed by atoms with Crippen LogP contribution in [0.15, 0.2) is 255 Å². The molecule has 0 aliphatic heterocycles. The lowest BCUT2D eigenvalue weighted by atomic mass is 9.82. The van der Waals surface area contributed by atoms with Crippen molar-refractivity contribution >= 4 is 38.8 Å². The largest absolute Gasteiger partial charge is 0.333 e. The first kappa shape index (κ1) is 37.1. The average Bonchev–Trinajstić information content (AvgIpc) is 3.70. The molecule has 0 amide bonds. The van der Waals surface area contributed by atoms with Crippen LogP contribution in [0.1, 0.15) is 17.0 Å². The van der Waals surface area contributed by atoms with E-state index in [2.05, 4.69) is 264 Å². The molecular formula is C60H44N2. The van der Waals surface area contributed by atoms with Crippen LogP contribution in [-0.4, -0.2) is 10.6 Å². The third-order valence-electron chi connectivity index (χ3n) is 12.4. The Bertz CT molecular complexity index is 3160. The quantitative estimate of drug-likeness (QED) is 0.141. The Balaban J connectivity index is 1.18. The predicted molar refractivity (Wildman–Crippen MR) is 262 cm³/mol. The second-order valence-corrected chi connectivity index (χ2v) is 16.0. The Morgan fingerprint density at radius 1 is 0.403 bits per heavy atom. The maximum absolute atomic E-state index is 2.60. The summed E-state index contributed by atoms with van der Waals surface area (Å²) in [6.45, 7) is 0. The number of rotatable bonds is 9. The smallest absolute Gasteiger partial charge is 0.0634 e. The number of anilines is 2. The van der Waals surface area contributed by atoms with Crippen LogP contribution in [0, 0.1) is 0 Å². The second kappa shape index (κ2) is 16.3. The monoisotopic (exact) mass is 792 g/mol. The summed E-state index contributed by atoms with van der Waals surface area (Å²) in [5.74, 6) is 0.0645. The topological polar surface area (TPSA) is 8.17 Å². The Labute approximate surface area is 363 Å². The molecule has 0 saturated carbocycles. The van der Waals surface area contributed by atoms with Crippen molar-refractivity contribution < 1.29 is 0 Å². The lowest BCUT2D eigenvalue weighted by molar-refractivity contribution is 0.693. The maximum Gasteiger partial charge on any atom is 0.0634 e. The zero-order chi connectivity index (χ0) is 41.2. The molecule has 2 unspecified atom stereocenters. The van der Waals surface area contributed by atoms with E-state index in [0.717, 1.165) is 22.6 Å². The molecule has 2 nitrogen and oxygen atoms in total. The van der Waals surface area contributed by atoms with E-state index in [-0.39, 0.29) is 12.0 Å². The van der Waals surface area contributed by atoms with Gasteiger partial charge in [-0.2, -0.15) is 0 Å². The fourth-order valence-corrected chi connectivity index (χ4v) is 9.53. The zero-order valence-electron chi connectivity index (χ0n) is 34.3. The van der Waals surface area contributed by atoms with Crippen molar-refractivity contribution in [2.45, 2.75) is 12.0 Å². The van der Waals surface area contributed by atoms with E-state index < -0.39 is 0 Å². The standard InChI is InChI=1S/C60H44N2/c1-5-19-43(20-6-1)45-35-38-50(39-36-45)61(59-42-48(44-21-7-2-8-22-44)37-40-52(59)46-23-9-3-10-24-46)58-34-18-31-53(47-25-11-4-12-26-47)60(58)49-27-17-28-51(41-49)62-56-32-15-13-29-54(56)55-30-14-16-33-57(55)62/h1-42,52,59H. The van der Waals surface area contributed by atoms with E-state index in [4.69, 9.17) is 0 Å². The van der Waals surface area contributed by atoms with Crippen molar-refractivity contribution in [3.8, 4) is 39.1 Å². The molecule has 0 radical (unpaired) electrons. The SMILES string of the molecule is C1=CC(c2ccccc2)C(N(c2ccc(-c3ccccc3)cc2)c2cccc(-c3ccccc3)c2-c2cccc(-n3c4ccccc4c4ccccc43)c2)C=C1c1ccccc1. The van der Waals surface area contributed by atoms with Gasteiger partial charge in [0.15, 0.2) is 0 Å². The van der Waals surface area contributed by atoms with E-state index in [1.807, 2.05) is 0 Å². The molecule has 0 bridgehead atoms. The lowest BCUT2D eigenvalue weighted by Gasteiger charge is -2.40. The molecule has 62 heavy (non-hydrogen) atoms. The molecule has 0 fully saturated rings. The van der Waals surface area contributed by atoms with Crippen molar-refractivity contribution in [3.05, 3.63) is 266 Å². The molecule has 9 aromatic carbocycles. The van der Waals surface area contributed by atoms with Gasteiger partial charge in [0.25, 0.3) is 0 Å². The molecular weight excluding hydrogens is 749 g/mol. The Morgan fingerprint density at radius 2 is 0.935 bits per heavy atom. The van der Waals surface area contributed by atoms with Crippen LogP contribution in [0.4, 0.5) is 11.4 Å². The van der Waals surface area contributed by atoms with Gasteiger partial charge >= 0.3 is 0 Å². The van der Waals surface area contributed by atoms with Crippen molar-refractivity contribution in [2.75, 3.05) is 4.90 Å². The number of benzene rings is 9. The summed E-state index contributed by atoms with van der Waals surface area (Å²) < 4.78 is 2.42. The zero-order valence-corrected chi connectivity index (χ0v) is 34.3. The molecule has 1 aliphatic carbocycles. The van der Waals surface area contributed by atoms with Gasteiger partial charge in [-0.05, 0) is 87.0 Å². The fraction of sp³-hybridized carbons (Fsp3) is 0.0333. The van der Waals surface area contributed by atoms with Gasteiger partial charge in [-0.25, -0.2) is 0 Å². The van der Waals surface area contributed by atoms with Crippen LogP contribution >= 0.6 is 0 Å². The van der Waals surface area contributed by atoms with Gasteiger partial charge in [0.1, 0.15) is 0 Å². The first-order chi connectivity index (χ1) is 30.8. The van der Waals surface area contributed by atoms with Gasteiger partial charge < -0.3 is 9.47 Å². The minimum absolute atomic E-state index is 0.0645. The molecule has 1 aromatic heterocycles. The predicted octanol–water partition coefficient (Wildman–Crippen LogP) is 15.7. The number of hydrogen-bond donors (Lipinski definition) is 0. The second-order valence-electron chi connectivity index (χ2n) is 16.0. The van der Waals surface area contributed by atoms with Gasteiger partial charge in [-0.3, -0.25) is 0 Å². The number of fused-ring (bicyclic) bond motifs is 3. The highest BCUT2D eigenvalue weighted by molar-refractivity contribution is 6.09. The summed E-state index contributed by atoms with van der Waals surface area (Å²) in [6, 6.07) is 86.0. The van der Waals surface area contributed by atoms with Crippen LogP contribution in [0.5, 0.6) is 0 Å². The van der Waals surface area contributed by atoms with Gasteiger partial charge in [-0.15, -0.1) is 0 Å². The third kappa shape index (κ3) is 6.82. The number of para-hydroxylation sites is 2. The minimum Gasteiger partial charge on any atom is -0.333 e. The van der Waals surface area contributed by atoms with Crippen LogP contribution in [-0.2, 0) is 0 Å². The number of nitrogens with zero attached hydrogens (tertiary/aromatic N) is 2. The number of allylic oxidation sites excluding steroid dienone is 2. The normalized spacial score (nSPS) is 14.8. The van der Waals surface area contributed by atoms with Crippen LogP contribution < -0.4 is 4.90 Å². The first-order valence-corrected chi connectivity index (χ1v) is 21.5. The highest BCUT2D eigenvalue weighted by Crippen LogP contribution is 2.47. The Hall–Kier alpha value is -7.94. The number of aromatic nitrogens is 1. The summed E-state index contributed by atoms with van der Waals surface area (Å²) in [5.41, 5.74) is 16.6. The van der Waals surface area contributed by atoms with Gasteiger partial charge in [0, 0.05) is 33.6 Å². The van der Waals surface area contributed by atoms with E-state index in [1.165, 1.54) is 66.3 Å². The Morgan fingerprint density at radius 3 is 1.60 bits per heavy atom. The molecule has 11 rings (SSSR count). The third-order valence-corrected chi connectivity index (χ3v) is 12.4. The summed E-state index contributed by atoms with van der Waals surface area (Å²) in [4.78, 5) is 2.60. The Kier molecular flexibility index (Phi) is 9.72. The molecule has 2 atom stereocenters. The van der Waals surface area contributed by atoms with E-state index in [1.54, 1.807) is 0 Å². The molecule has 0 saturated heterocycles. The minimum atomic E-state index is -0.0783. The molecule has 0 N–H and O–H groups in total. The lowest BCUT2D eigenvalue weighted by Crippen LogP contribution is -2.36. The summed E-state index contributed by atoms with van der Waals surface area (Å²) >= 11 is 0. The van der Waals surface area contributed by atoms with E-state index in [9.17, 15) is 0 Å². The van der Waals surface area contributed by atoms with Crippen molar-refractivity contribution in [2.24, 2.45) is 0 Å². The van der Waals surface area contributed by atoms with Crippen molar-refractivity contribution in [1.29, 1.82) is 0 Å². The van der Waals surface area contributed by atoms with Gasteiger partial charge in [0.2, 0.25) is 0 Å². The molecule has 2 heteroatoms. The van der Waals surface area contributed by atoms with Crippen LogP contribution in [0.25, 0.3) is 66.4 Å². The van der Waals surface area contributed by atoms with Crippen LogP contribution in [0.2, 0.25) is 0 Å². The van der Waals surface area contributed by atoms with Gasteiger partial charge in [-0.1, -0.05) is 212 Å². The van der Waals surface area contributed by atoms with Crippen molar-refractivity contribution in [1.82, 2.24) is 4.57 Å². The highest BCUT2D eigenvalue weighted by atomic mass is 15.2. The first-order valence-electron chi connectivity index (χ1n) is 21.5. The molecule has 1 heterocycles. The van der Waals surface area contributed by atoms with E-state index in [0.29, 0.717) is 0 Å². The number of hydrogen-bond acceptors (Lipinski definition) is 1. The molecule has 10 aromatic rings. The highest BCUT2D eigenvalue weighted by Gasteiger charge is 2.32. The molecule has 294 valence electrons. The summed E-state index contributed by atoms with van der Waals surface area (Å²) in [7, 11) is 0. The molecule has 0 spiro atoms. The van der Waals surface area contributed by atoms with Crippen molar-refractivity contribution in [3.63, 3.8) is 0 Å². The summed E-state index contributed by atoms with van der Waals surface area (Å²) in [5, 5.41) is 2.50. The average molecular weight is 793 g/mol. The van der Waals surface area contributed by atoms with Gasteiger partial charge in [0.05, 0.1) is 22.8 Å². The maximum atomic E-state index is 2.60.